The van der Waals surface area contributed by atoms with Crippen LogP contribution >= 0.6 is 11.6 Å². The van der Waals surface area contributed by atoms with Gasteiger partial charge < -0.3 is 10.6 Å². The molecule has 0 heterocycles. The molecule has 5 nitrogen and oxygen atoms in total. The molecule has 0 aromatic heterocycles. The molecular formula is C20H21ClN2O3S. The molecule has 3 rings (SSSR count). The van der Waals surface area contributed by atoms with E-state index in [9.17, 15) is 13.8 Å². The summed E-state index contributed by atoms with van der Waals surface area (Å²) in [4.78, 5) is 24.2. The first-order valence-corrected chi connectivity index (χ1v) is 10.6. The largest absolute Gasteiger partial charge is 0.348 e. The summed E-state index contributed by atoms with van der Waals surface area (Å²) in [7, 11) is -1.58. The van der Waals surface area contributed by atoms with Gasteiger partial charge in [-0.05, 0) is 48.6 Å². The molecule has 1 aliphatic carbocycles. The zero-order valence-corrected chi connectivity index (χ0v) is 16.5. The van der Waals surface area contributed by atoms with Crippen molar-refractivity contribution in [2.24, 2.45) is 0 Å². The molecule has 0 spiro atoms. The lowest BCUT2D eigenvalue weighted by Crippen LogP contribution is -2.33. The number of hydrogen-bond donors (Lipinski definition) is 2. The van der Waals surface area contributed by atoms with Gasteiger partial charge in [-0.15, -0.1) is 0 Å². The SMILES string of the molecule is Cc1ccc(NC(=O)C[S@](=O)CC(=O)N[C@@H]2CCc3ccccc32)cc1Cl. The van der Waals surface area contributed by atoms with Crippen molar-refractivity contribution >= 4 is 39.9 Å². The highest BCUT2D eigenvalue weighted by atomic mass is 35.5. The zero-order chi connectivity index (χ0) is 19.4. The Balaban J connectivity index is 1.48. The van der Waals surface area contributed by atoms with Crippen LogP contribution in [0.25, 0.3) is 0 Å². The summed E-state index contributed by atoms with van der Waals surface area (Å²) in [5.74, 6) is -1.14. The second kappa shape index (κ2) is 8.67. The molecular weight excluding hydrogens is 384 g/mol. The van der Waals surface area contributed by atoms with Crippen molar-refractivity contribution in [3.8, 4) is 0 Å². The highest BCUT2D eigenvalue weighted by Crippen LogP contribution is 2.30. The predicted molar refractivity (Wildman–Crippen MR) is 108 cm³/mol. The maximum atomic E-state index is 12.2. The topological polar surface area (TPSA) is 75.3 Å². The minimum Gasteiger partial charge on any atom is -0.348 e. The Labute approximate surface area is 166 Å². The van der Waals surface area contributed by atoms with E-state index in [2.05, 4.69) is 16.7 Å². The minimum atomic E-state index is -1.58. The summed E-state index contributed by atoms with van der Waals surface area (Å²) in [5.41, 5.74) is 3.80. The van der Waals surface area contributed by atoms with Gasteiger partial charge in [0.05, 0.1) is 6.04 Å². The van der Waals surface area contributed by atoms with E-state index in [0.29, 0.717) is 10.7 Å². The lowest BCUT2D eigenvalue weighted by Gasteiger charge is -2.14. The number of nitrogens with one attached hydrogen (secondary N) is 2. The van der Waals surface area contributed by atoms with E-state index < -0.39 is 16.7 Å². The molecule has 0 radical (unpaired) electrons. The second-order valence-electron chi connectivity index (χ2n) is 6.60. The fraction of sp³-hybridized carbons (Fsp3) is 0.300. The van der Waals surface area contributed by atoms with Crippen molar-refractivity contribution in [2.75, 3.05) is 16.8 Å². The summed E-state index contributed by atoms with van der Waals surface area (Å²) in [6.07, 6.45) is 1.76. The average Bonchev–Trinajstić information content (AvgIpc) is 3.01. The molecule has 2 aromatic carbocycles. The van der Waals surface area contributed by atoms with Crippen LogP contribution in [0.1, 0.15) is 29.2 Å². The van der Waals surface area contributed by atoms with E-state index in [1.165, 1.54) is 5.56 Å². The Morgan fingerprint density at radius 3 is 2.67 bits per heavy atom. The van der Waals surface area contributed by atoms with Gasteiger partial charge in [0.15, 0.2) is 0 Å². The van der Waals surface area contributed by atoms with Gasteiger partial charge in [-0.25, -0.2) is 0 Å². The van der Waals surface area contributed by atoms with Crippen molar-refractivity contribution in [1.82, 2.24) is 5.32 Å². The third-order valence-corrected chi connectivity index (χ3v) is 6.08. The highest BCUT2D eigenvalue weighted by molar-refractivity contribution is 7.86. The molecule has 7 heteroatoms. The van der Waals surface area contributed by atoms with Gasteiger partial charge in [0.1, 0.15) is 11.5 Å². The van der Waals surface area contributed by atoms with E-state index in [1.807, 2.05) is 25.1 Å². The van der Waals surface area contributed by atoms with Gasteiger partial charge in [-0.2, -0.15) is 0 Å². The van der Waals surface area contributed by atoms with Crippen LogP contribution in [0.4, 0.5) is 5.69 Å². The Morgan fingerprint density at radius 1 is 1.15 bits per heavy atom. The molecule has 0 aliphatic heterocycles. The maximum absolute atomic E-state index is 12.2. The van der Waals surface area contributed by atoms with Crippen molar-refractivity contribution in [1.29, 1.82) is 0 Å². The number of carbonyl (C=O) groups excluding carboxylic acids is 2. The van der Waals surface area contributed by atoms with E-state index in [0.717, 1.165) is 24.0 Å². The van der Waals surface area contributed by atoms with Gasteiger partial charge in [0.2, 0.25) is 11.8 Å². The van der Waals surface area contributed by atoms with Crippen molar-refractivity contribution < 1.29 is 13.8 Å². The summed E-state index contributed by atoms with van der Waals surface area (Å²) in [5, 5.41) is 6.12. The third kappa shape index (κ3) is 5.17. The number of aryl methyl sites for hydroxylation is 2. The maximum Gasteiger partial charge on any atom is 0.237 e. The van der Waals surface area contributed by atoms with Crippen molar-refractivity contribution in [3.63, 3.8) is 0 Å². The molecule has 0 unspecified atom stereocenters. The summed E-state index contributed by atoms with van der Waals surface area (Å²) >= 11 is 6.02. The number of carbonyl (C=O) groups is 2. The summed E-state index contributed by atoms with van der Waals surface area (Å²) < 4.78 is 12.2. The number of benzene rings is 2. The summed E-state index contributed by atoms with van der Waals surface area (Å²) in [6.45, 7) is 1.87. The normalized spacial score (nSPS) is 16.4. The van der Waals surface area contributed by atoms with Crippen molar-refractivity contribution in [3.05, 3.63) is 64.2 Å². The van der Waals surface area contributed by atoms with Gasteiger partial charge in [-0.1, -0.05) is 41.9 Å². The highest BCUT2D eigenvalue weighted by Gasteiger charge is 2.24. The minimum absolute atomic E-state index is 0.0470. The number of fused-ring (bicyclic) bond motifs is 1. The molecule has 142 valence electrons. The third-order valence-electron chi connectivity index (χ3n) is 4.51. The van der Waals surface area contributed by atoms with Gasteiger partial charge in [-0.3, -0.25) is 13.8 Å². The van der Waals surface area contributed by atoms with E-state index in [4.69, 9.17) is 11.6 Å². The zero-order valence-electron chi connectivity index (χ0n) is 15.0. The fourth-order valence-corrected chi connectivity index (χ4v) is 4.18. The molecule has 2 amide bonds. The van der Waals surface area contributed by atoms with Gasteiger partial charge in [0.25, 0.3) is 0 Å². The molecule has 2 atom stereocenters. The molecule has 27 heavy (non-hydrogen) atoms. The van der Waals surface area contributed by atoms with Crippen LogP contribution in [0, 0.1) is 6.92 Å². The molecule has 0 bridgehead atoms. The molecule has 2 aromatic rings. The Morgan fingerprint density at radius 2 is 1.89 bits per heavy atom. The molecule has 2 N–H and O–H groups in total. The van der Waals surface area contributed by atoms with Gasteiger partial charge >= 0.3 is 0 Å². The molecule has 0 saturated heterocycles. The number of hydrogen-bond acceptors (Lipinski definition) is 3. The quantitative estimate of drug-likeness (QED) is 0.776. The smallest absolute Gasteiger partial charge is 0.237 e. The standard InChI is InChI=1S/C20H21ClN2O3S/c1-13-6-8-15(10-17(13)21)22-19(24)11-27(26)12-20(25)23-18-9-7-14-4-2-3-5-16(14)18/h2-6,8,10,18H,7,9,11-12H2,1H3,(H,22,24)(H,23,25)/t18-,27+/m1/s1. The first-order chi connectivity index (χ1) is 12.9. The number of halogens is 1. The van der Waals surface area contributed by atoms with Gasteiger partial charge in [0, 0.05) is 21.5 Å². The Bertz CT molecular complexity index is 901. The molecule has 0 saturated carbocycles. The number of amides is 2. The number of anilines is 1. The van der Waals surface area contributed by atoms with Crippen LogP contribution < -0.4 is 10.6 Å². The van der Waals surface area contributed by atoms with Crippen LogP contribution in [-0.2, 0) is 26.8 Å². The molecule has 0 fully saturated rings. The van der Waals surface area contributed by atoms with Crippen LogP contribution in [0.3, 0.4) is 0 Å². The number of rotatable bonds is 6. The first kappa shape index (κ1) is 19.6. The van der Waals surface area contributed by atoms with Crippen LogP contribution in [0.5, 0.6) is 0 Å². The lowest BCUT2D eigenvalue weighted by molar-refractivity contribution is -0.119. The lowest BCUT2D eigenvalue weighted by atomic mass is 10.1. The predicted octanol–water partition coefficient (Wildman–Crippen LogP) is 3.14. The Hall–Kier alpha value is -2.18. The van der Waals surface area contributed by atoms with E-state index in [-0.39, 0.29) is 23.5 Å². The van der Waals surface area contributed by atoms with Crippen LogP contribution in [0.15, 0.2) is 42.5 Å². The fourth-order valence-electron chi connectivity index (χ4n) is 3.15. The van der Waals surface area contributed by atoms with E-state index >= 15 is 0 Å². The first-order valence-electron chi connectivity index (χ1n) is 8.70. The average molecular weight is 405 g/mol. The van der Waals surface area contributed by atoms with E-state index in [1.54, 1.807) is 18.2 Å². The van der Waals surface area contributed by atoms with Crippen LogP contribution in [0.2, 0.25) is 5.02 Å². The second-order valence-corrected chi connectivity index (χ2v) is 8.46. The molecule has 1 aliphatic rings. The van der Waals surface area contributed by atoms with Crippen molar-refractivity contribution in [2.45, 2.75) is 25.8 Å². The summed E-state index contributed by atoms with van der Waals surface area (Å²) in [6, 6.07) is 13.1. The monoisotopic (exact) mass is 404 g/mol. The Kier molecular flexibility index (Phi) is 6.29. The van der Waals surface area contributed by atoms with Crippen LogP contribution in [-0.4, -0.2) is 27.5 Å².